The molecule has 0 heterocycles. The first-order valence-electron chi connectivity index (χ1n) is 9.09. The van der Waals surface area contributed by atoms with E-state index < -0.39 is 47.7 Å². The van der Waals surface area contributed by atoms with Gasteiger partial charge in [0.1, 0.15) is 5.97 Å². The van der Waals surface area contributed by atoms with Gasteiger partial charge in [-0.25, -0.2) is 0 Å². The summed E-state index contributed by atoms with van der Waals surface area (Å²) in [5.41, 5.74) is 0. The Morgan fingerprint density at radius 1 is 1.12 bits per heavy atom. The Balaban J connectivity index is 2.86. The van der Waals surface area contributed by atoms with Crippen LogP contribution in [0.25, 0.3) is 0 Å². The van der Waals surface area contributed by atoms with Gasteiger partial charge in [-0.3, -0.25) is 9.59 Å². The molecule has 0 aliphatic heterocycles. The Kier molecular flexibility index (Phi) is 8.43. The summed E-state index contributed by atoms with van der Waals surface area (Å²) in [6.07, 6.45) is 1.49. The second-order valence-electron chi connectivity index (χ2n) is 7.03. The molecule has 0 aromatic rings. The van der Waals surface area contributed by atoms with E-state index in [0.29, 0.717) is 25.7 Å². The number of ether oxygens (including phenoxy) is 2. The number of halogens is 2. The van der Waals surface area contributed by atoms with Crippen molar-refractivity contribution in [3.05, 3.63) is 0 Å². The van der Waals surface area contributed by atoms with Crippen LogP contribution in [0.5, 0.6) is 0 Å². The van der Waals surface area contributed by atoms with E-state index in [0.717, 1.165) is 12.8 Å². The van der Waals surface area contributed by atoms with E-state index in [1.54, 1.807) is 0 Å². The fourth-order valence-electron chi connectivity index (χ4n) is 3.08. The molecule has 0 aromatic heterocycles. The van der Waals surface area contributed by atoms with Gasteiger partial charge in [0.15, 0.2) is 6.10 Å². The summed E-state index contributed by atoms with van der Waals surface area (Å²) in [5.74, 6) is -11.0. The Labute approximate surface area is 152 Å². The van der Waals surface area contributed by atoms with Gasteiger partial charge in [0.2, 0.25) is 0 Å². The average molecular weight is 377 g/mol. The molecule has 0 amide bonds. The molecule has 26 heavy (non-hydrogen) atoms. The molecule has 0 N–H and O–H groups in total. The van der Waals surface area contributed by atoms with E-state index >= 15 is 0 Å². The molecule has 8 heteroatoms. The fourth-order valence-corrected chi connectivity index (χ4v) is 3.08. The predicted molar refractivity (Wildman–Crippen MR) is 86.0 cm³/mol. The van der Waals surface area contributed by atoms with Crippen LogP contribution in [0.3, 0.4) is 0 Å². The maximum Gasteiger partial charge on any atom is 0.323 e. The first kappa shape index (κ1) is 22.3. The van der Waals surface area contributed by atoms with Crippen molar-refractivity contribution in [3.8, 4) is 0 Å². The number of hydrogen-bond acceptors (Lipinski definition) is 6. The van der Waals surface area contributed by atoms with Gasteiger partial charge in [-0.05, 0) is 25.2 Å². The molecule has 1 aliphatic rings. The summed E-state index contributed by atoms with van der Waals surface area (Å²) in [5, 5.41) is 10.7. The second kappa shape index (κ2) is 9.83. The van der Waals surface area contributed by atoms with E-state index in [2.05, 4.69) is 0 Å². The summed E-state index contributed by atoms with van der Waals surface area (Å²) >= 11 is 0. The zero-order valence-corrected chi connectivity index (χ0v) is 15.5. The summed E-state index contributed by atoms with van der Waals surface area (Å²) in [7, 11) is 0. The molecule has 6 nitrogen and oxygen atoms in total. The molecule has 3 atom stereocenters. The largest absolute Gasteiger partial charge is 0.544 e. The molecule has 3 unspecified atom stereocenters. The van der Waals surface area contributed by atoms with Gasteiger partial charge in [-0.15, -0.1) is 0 Å². The molecular formula is C18H27F2O6-. The van der Waals surface area contributed by atoms with E-state index in [-0.39, 0.29) is 6.61 Å². The Morgan fingerprint density at radius 3 is 2.12 bits per heavy atom. The minimum atomic E-state index is -4.31. The van der Waals surface area contributed by atoms with Crippen molar-refractivity contribution in [3.63, 3.8) is 0 Å². The van der Waals surface area contributed by atoms with Gasteiger partial charge in [0.05, 0.1) is 18.4 Å². The van der Waals surface area contributed by atoms with Crippen LogP contribution in [0.1, 0.15) is 59.3 Å². The molecule has 1 saturated carbocycles. The molecule has 1 rings (SSSR count). The zero-order chi connectivity index (χ0) is 19.9. The van der Waals surface area contributed by atoms with Crippen molar-refractivity contribution >= 4 is 17.9 Å². The van der Waals surface area contributed by atoms with Crippen molar-refractivity contribution in [1.82, 2.24) is 0 Å². The first-order chi connectivity index (χ1) is 12.1. The van der Waals surface area contributed by atoms with Gasteiger partial charge in [0, 0.05) is 0 Å². The third-order valence-corrected chi connectivity index (χ3v) is 4.59. The van der Waals surface area contributed by atoms with Crippen molar-refractivity contribution in [2.24, 2.45) is 17.8 Å². The lowest BCUT2D eigenvalue weighted by molar-refractivity contribution is -0.337. The quantitative estimate of drug-likeness (QED) is 0.451. The highest BCUT2D eigenvalue weighted by molar-refractivity contribution is 5.83. The summed E-state index contributed by atoms with van der Waals surface area (Å²) in [6, 6.07) is 0. The SMILES string of the molecule is CCCCOC(=O)C1CCCCC1C(=O)OC(C(C)C)C(F)(F)C(=O)[O-]. The number of alkyl halides is 2. The third-order valence-electron chi connectivity index (χ3n) is 4.59. The van der Waals surface area contributed by atoms with Crippen molar-refractivity contribution in [1.29, 1.82) is 0 Å². The Hall–Kier alpha value is -1.73. The Bertz CT molecular complexity index is 506. The van der Waals surface area contributed by atoms with Crippen molar-refractivity contribution < 1.29 is 37.7 Å². The highest BCUT2D eigenvalue weighted by Gasteiger charge is 2.48. The molecule has 0 aromatic carbocycles. The summed E-state index contributed by atoms with van der Waals surface area (Å²) in [4.78, 5) is 35.4. The van der Waals surface area contributed by atoms with Crippen molar-refractivity contribution in [2.75, 3.05) is 6.61 Å². The lowest BCUT2D eigenvalue weighted by Gasteiger charge is -2.33. The van der Waals surface area contributed by atoms with E-state index in [4.69, 9.17) is 9.47 Å². The number of unbranched alkanes of at least 4 members (excludes halogenated alkanes) is 1. The molecule has 1 aliphatic carbocycles. The van der Waals surface area contributed by atoms with Crippen molar-refractivity contribution in [2.45, 2.75) is 71.3 Å². The number of carbonyl (C=O) groups is 3. The van der Waals surface area contributed by atoms with E-state index in [1.807, 2.05) is 6.92 Å². The van der Waals surface area contributed by atoms with Gasteiger partial charge in [-0.1, -0.05) is 40.0 Å². The molecular weight excluding hydrogens is 350 g/mol. The monoisotopic (exact) mass is 377 g/mol. The van der Waals surface area contributed by atoms with Gasteiger partial charge >= 0.3 is 17.9 Å². The van der Waals surface area contributed by atoms with Crippen LogP contribution in [-0.2, 0) is 23.9 Å². The molecule has 0 bridgehead atoms. The normalized spacial score (nSPS) is 21.9. The second-order valence-corrected chi connectivity index (χ2v) is 7.03. The minimum Gasteiger partial charge on any atom is -0.544 e. The van der Waals surface area contributed by atoms with Crippen LogP contribution in [-0.4, -0.2) is 36.5 Å². The molecule has 0 spiro atoms. The number of rotatable bonds is 9. The fraction of sp³-hybridized carbons (Fsp3) is 0.833. The maximum atomic E-state index is 13.8. The minimum absolute atomic E-state index is 0.241. The third kappa shape index (κ3) is 5.64. The standard InChI is InChI=1S/C18H28F2O6/c1-4-5-10-25-15(21)12-8-6-7-9-13(12)16(22)26-14(11(2)3)18(19,20)17(23)24/h11-14H,4-10H2,1-3H3,(H,23,24)/p-1. The zero-order valence-electron chi connectivity index (χ0n) is 15.5. The van der Waals surface area contributed by atoms with Crippen LogP contribution < -0.4 is 5.11 Å². The van der Waals surface area contributed by atoms with Gasteiger partial charge < -0.3 is 19.4 Å². The van der Waals surface area contributed by atoms with Crippen LogP contribution in [0.15, 0.2) is 0 Å². The first-order valence-corrected chi connectivity index (χ1v) is 9.09. The van der Waals surface area contributed by atoms with Gasteiger partial charge in [0.25, 0.3) is 0 Å². The van der Waals surface area contributed by atoms with Crippen LogP contribution >= 0.6 is 0 Å². The molecule has 1 fully saturated rings. The topological polar surface area (TPSA) is 92.7 Å². The molecule has 0 saturated heterocycles. The highest BCUT2D eigenvalue weighted by Crippen LogP contribution is 2.34. The summed E-state index contributed by atoms with van der Waals surface area (Å²) in [6.45, 7) is 4.83. The highest BCUT2D eigenvalue weighted by atomic mass is 19.3. The number of aliphatic carboxylic acids is 1. The number of esters is 2. The van der Waals surface area contributed by atoms with E-state index in [1.165, 1.54) is 13.8 Å². The maximum absolute atomic E-state index is 13.8. The van der Waals surface area contributed by atoms with Crippen LogP contribution in [0.2, 0.25) is 0 Å². The van der Waals surface area contributed by atoms with E-state index in [9.17, 15) is 28.3 Å². The summed E-state index contributed by atoms with van der Waals surface area (Å²) < 4.78 is 37.7. The molecule has 150 valence electrons. The number of carbonyl (C=O) groups excluding carboxylic acids is 3. The lowest BCUT2D eigenvalue weighted by Crippen LogP contribution is -2.54. The smallest absolute Gasteiger partial charge is 0.323 e. The van der Waals surface area contributed by atoms with Crippen LogP contribution in [0.4, 0.5) is 8.78 Å². The average Bonchev–Trinajstić information content (AvgIpc) is 2.58. The Morgan fingerprint density at radius 2 is 1.65 bits per heavy atom. The van der Waals surface area contributed by atoms with Crippen LogP contribution in [0, 0.1) is 17.8 Å². The number of hydrogen-bond donors (Lipinski definition) is 0. The molecule has 0 radical (unpaired) electrons. The predicted octanol–water partition coefficient (Wildman–Crippen LogP) is 2.09. The van der Waals surface area contributed by atoms with Gasteiger partial charge in [-0.2, -0.15) is 8.78 Å². The lowest BCUT2D eigenvalue weighted by atomic mass is 9.79. The number of carboxylic acids is 1. The number of carboxylic acid groups (broad SMARTS) is 1.